The quantitative estimate of drug-likeness (QED) is 0.337. The predicted molar refractivity (Wildman–Crippen MR) is 63.0 cm³/mol. The van der Waals surface area contributed by atoms with Crippen molar-refractivity contribution < 1.29 is 34.4 Å². The van der Waals surface area contributed by atoms with Crippen LogP contribution in [0.3, 0.4) is 0 Å². The molecule has 2 saturated heterocycles. The van der Waals surface area contributed by atoms with Crippen LogP contribution >= 0.6 is 0 Å². The van der Waals surface area contributed by atoms with E-state index in [0.717, 1.165) is 0 Å². The van der Waals surface area contributed by atoms with Gasteiger partial charge in [0.2, 0.25) is 5.91 Å². The Bertz CT molecular complexity index is 404. The van der Waals surface area contributed by atoms with E-state index in [1.54, 1.807) is 0 Å². The van der Waals surface area contributed by atoms with Gasteiger partial charge in [-0.15, -0.1) is 0 Å². The molecular formula is C11H18N2O7. The summed E-state index contributed by atoms with van der Waals surface area (Å²) in [4.78, 5) is 22.5. The van der Waals surface area contributed by atoms with E-state index in [9.17, 15) is 24.9 Å². The third-order valence-electron chi connectivity index (χ3n) is 3.50. The third kappa shape index (κ3) is 2.76. The fraction of sp³-hybridized carbons (Fsp3) is 0.818. The molecule has 2 aliphatic heterocycles. The summed E-state index contributed by atoms with van der Waals surface area (Å²) in [6.07, 6.45) is -4.10. The molecule has 2 rings (SSSR count). The highest BCUT2D eigenvalue weighted by molar-refractivity contribution is 5.79. The molecule has 2 heterocycles. The number of esters is 1. The zero-order valence-electron chi connectivity index (χ0n) is 10.7. The number of aliphatic hydroxyl groups is 3. The van der Waals surface area contributed by atoms with Gasteiger partial charge in [-0.1, -0.05) is 0 Å². The molecule has 1 amide bonds. The number of ether oxygens (including phenoxy) is 2. The Morgan fingerprint density at radius 1 is 1.45 bits per heavy atom. The molecular weight excluding hydrogens is 272 g/mol. The van der Waals surface area contributed by atoms with Crippen molar-refractivity contribution in [3.63, 3.8) is 0 Å². The minimum Gasteiger partial charge on any atom is -0.427 e. The number of rotatable bonds is 3. The van der Waals surface area contributed by atoms with Gasteiger partial charge in [-0.2, -0.15) is 0 Å². The maximum absolute atomic E-state index is 11.8. The van der Waals surface area contributed by atoms with E-state index in [0.29, 0.717) is 0 Å². The van der Waals surface area contributed by atoms with E-state index in [1.807, 2.05) is 0 Å². The Morgan fingerprint density at radius 3 is 2.75 bits per heavy atom. The molecule has 1 spiro atoms. The van der Waals surface area contributed by atoms with Gasteiger partial charge in [0.25, 0.3) is 5.79 Å². The van der Waals surface area contributed by atoms with Crippen molar-refractivity contribution in [3.8, 4) is 0 Å². The predicted octanol–water partition coefficient (Wildman–Crippen LogP) is -3.42. The molecule has 2 fully saturated rings. The summed E-state index contributed by atoms with van der Waals surface area (Å²) < 4.78 is 10.3. The summed E-state index contributed by atoms with van der Waals surface area (Å²) in [6.45, 7) is -0.327. The number of hydrogen-bond donors (Lipinski definition) is 5. The van der Waals surface area contributed by atoms with Crippen LogP contribution in [-0.4, -0.2) is 70.5 Å². The van der Waals surface area contributed by atoms with E-state index >= 15 is 0 Å². The summed E-state index contributed by atoms with van der Waals surface area (Å²) >= 11 is 0. The minimum atomic E-state index is -1.72. The lowest BCUT2D eigenvalue weighted by atomic mass is 9.94. The molecule has 0 saturated carbocycles. The number of aliphatic hydroxyl groups excluding tert-OH is 3. The highest BCUT2D eigenvalue weighted by Crippen LogP contribution is 2.30. The molecule has 9 heteroatoms. The Kier molecular flexibility index (Phi) is 4.25. The van der Waals surface area contributed by atoms with Crippen LogP contribution in [0.25, 0.3) is 0 Å². The van der Waals surface area contributed by atoms with Crippen LogP contribution in [0, 0.1) is 0 Å². The fourth-order valence-corrected chi connectivity index (χ4v) is 2.26. The first-order chi connectivity index (χ1) is 9.35. The molecule has 2 aliphatic rings. The first-order valence-electron chi connectivity index (χ1n) is 6.28. The number of primary amides is 1. The van der Waals surface area contributed by atoms with Gasteiger partial charge in [0.05, 0.1) is 13.2 Å². The van der Waals surface area contributed by atoms with E-state index in [4.69, 9.17) is 15.2 Å². The second kappa shape index (κ2) is 5.62. The van der Waals surface area contributed by atoms with E-state index < -0.39 is 42.0 Å². The fourth-order valence-electron chi connectivity index (χ4n) is 2.26. The summed E-state index contributed by atoms with van der Waals surface area (Å²) in [5, 5.41) is 31.7. The van der Waals surface area contributed by atoms with E-state index in [-0.39, 0.29) is 26.0 Å². The molecule has 5 atom stereocenters. The average molecular weight is 290 g/mol. The van der Waals surface area contributed by atoms with Crippen LogP contribution in [0.15, 0.2) is 0 Å². The molecule has 5 unspecified atom stereocenters. The molecule has 114 valence electrons. The van der Waals surface area contributed by atoms with Crippen LogP contribution in [0.1, 0.15) is 12.8 Å². The minimum absolute atomic E-state index is 0.0184. The first kappa shape index (κ1) is 15.1. The van der Waals surface area contributed by atoms with Crippen LogP contribution in [0.4, 0.5) is 0 Å². The van der Waals surface area contributed by atoms with Gasteiger partial charge in [0, 0.05) is 6.42 Å². The van der Waals surface area contributed by atoms with Crippen molar-refractivity contribution in [2.45, 2.75) is 43.0 Å². The molecule has 0 radical (unpaired) electrons. The van der Waals surface area contributed by atoms with Gasteiger partial charge < -0.3 is 30.5 Å². The Morgan fingerprint density at radius 2 is 2.15 bits per heavy atom. The lowest BCUT2D eigenvalue weighted by Gasteiger charge is -2.47. The summed E-state index contributed by atoms with van der Waals surface area (Å²) in [5.74, 6) is -2.97. The number of carbonyl (C=O) groups is 2. The van der Waals surface area contributed by atoms with Gasteiger partial charge in [-0.05, 0) is 6.42 Å². The second-order valence-corrected chi connectivity index (χ2v) is 4.99. The molecule has 0 aromatic rings. The largest absolute Gasteiger partial charge is 0.427 e. The average Bonchev–Trinajstić information content (AvgIpc) is 2.40. The molecule has 20 heavy (non-hydrogen) atoms. The van der Waals surface area contributed by atoms with E-state index in [1.165, 1.54) is 0 Å². The highest BCUT2D eigenvalue weighted by Gasteiger charge is 2.55. The summed E-state index contributed by atoms with van der Waals surface area (Å²) in [5.41, 5.74) is 5.00. The molecule has 0 aliphatic carbocycles. The molecule has 9 nitrogen and oxygen atoms in total. The second-order valence-electron chi connectivity index (χ2n) is 4.99. The number of amides is 1. The van der Waals surface area contributed by atoms with Crippen molar-refractivity contribution in [2.75, 3.05) is 13.2 Å². The summed E-state index contributed by atoms with van der Waals surface area (Å²) in [6, 6.07) is -0.729. The van der Waals surface area contributed by atoms with Crippen molar-refractivity contribution in [2.24, 2.45) is 5.73 Å². The number of morpholine rings is 1. The molecule has 0 bridgehead atoms. The molecule has 0 aromatic heterocycles. The van der Waals surface area contributed by atoms with Crippen molar-refractivity contribution >= 4 is 11.9 Å². The first-order valence-corrected chi connectivity index (χ1v) is 6.28. The maximum atomic E-state index is 11.8. The van der Waals surface area contributed by atoms with Crippen LogP contribution in [-0.2, 0) is 19.1 Å². The van der Waals surface area contributed by atoms with Gasteiger partial charge in [0.15, 0.2) is 0 Å². The topological polar surface area (TPSA) is 151 Å². The Hall–Kier alpha value is -1.26. The van der Waals surface area contributed by atoms with Crippen LogP contribution in [0.2, 0.25) is 0 Å². The zero-order chi connectivity index (χ0) is 14.9. The van der Waals surface area contributed by atoms with Gasteiger partial charge in [-0.25, -0.2) is 0 Å². The zero-order valence-corrected chi connectivity index (χ0v) is 10.7. The van der Waals surface area contributed by atoms with Crippen LogP contribution < -0.4 is 11.1 Å². The van der Waals surface area contributed by atoms with Crippen molar-refractivity contribution in [3.05, 3.63) is 0 Å². The SMILES string of the molecule is NC(=O)CCC1NCC2(OCC(O)C(O)C2O)OC1=O. The van der Waals surface area contributed by atoms with Gasteiger partial charge in [0.1, 0.15) is 24.4 Å². The number of hydrogen-bond acceptors (Lipinski definition) is 8. The van der Waals surface area contributed by atoms with Crippen molar-refractivity contribution in [1.82, 2.24) is 5.32 Å². The molecule has 0 aromatic carbocycles. The Labute approximate surface area is 114 Å². The van der Waals surface area contributed by atoms with Gasteiger partial charge in [-0.3, -0.25) is 14.9 Å². The van der Waals surface area contributed by atoms with E-state index in [2.05, 4.69) is 5.32 Å². The highest BCUT2D eigenvalue weighted by atomic mass is 16.7. The number of nitrogens with two attached hydrogens (primary N) is 1. The van der Waals surface area contributed by atoms with Gasteiger partial charge >= 0.3 is 5.97 Å². The summed E-state index contributed by atoms with van der Waals surface area (Å²) in [7, 11) is 0. The lowest BCUT2D eigenvalue weighted by Crippen LogP contribution is -2.70. The monoisotopic (exact) mass is 290 g/mol. The van der Waals surface area contributed by atoms with Crippen LogP contribution in [0.5, 0.6) is 0 Å². The standard InChI is InChI=1S/C11H18N2O7/c12-7(15)2-1-5-10(18)20-11(4-13-5)9(17)8(16)6(14)3-19-11/h5-6,8-9,13-14,16-17H,1-4H2,(H2,12,15). The number of nitrogens with one attached hydrogen (secondary N) is 1. The lowest BCUT2D eigenvalue weighted by molar-refractivity contribution is -0.330. The maximum Gasteiger partial charge on any atom is 0.325 e. The third-order valence-corrected chi connectivity index (χ3v) is 3.50. The Balaban J connectivity index is 2.01. The normalized spacial score (nSPS) is 41.5. The van der Waals surface area contributed by atoms with Crippen molar-refractivity contribution in [1.29, 1.82) is 0 Å². The number of carbonyl (C=O) groups excluding carboxylic acids is 2. The smallest absolute Gasteiger partial charge is 0.325 e. The molecule has 6 N–H and O–H groups in total.